The molecule has 1 aromatic heterocycles. The average Bonchev–Trinajstić information content (AvgIpc) is 3.41. The fourth-order valence-electron chi connectivity index (χ4n) is 7.72. The Bertz CT molecular complexity index is 2600. The van der Waals surface area contributed by atoms with Crippen LogP contribution in [0.15, 0.2) is 181 Å². The van der Waals surface area contributed by atoms with E-state index in [1.165, 1.54) is 44.2 Å². The zero-order chi connectivity index (χ0) is 36.4. The van der Waals surface area contributed by atoms with Crippen LogP contribution in [0.5, 0.6) is 5.75 Å². The van der Waals surface area contributed by atoms with E-state index in [9.17, 15) is 0 Å². The molecular formula is C51H40N2O. The summed E-state index contributed by atoms with van der Waals surface area (Å²) < 4.78 is 6.57. The molecule has 0 radical (unpaired) electrons. The Kier molecular flexibility index (Phi) is 8.90. The van der Waals surface area contributed by atoms with Crippen LogP contribution in [0, 0.1) is 0 Å². The molecule has 260 valence electrons. The molecule has 1 aliphatic rings. The summed E-state index contributed by atoms with van der Waals surface area (Å²) in [4.78, 5) is 10.1. The van der Waals surface area contributed by atoms with E-state index >= 15 is 0 Å². The van der Waals surface area contributed by atoms with Crippen molar-refractivity contribution < 1.29 is 4.74 Å². The third-order valence-corrected chi connectivity index (χ3v) is 10.6. The van der Waals surface area contributed by atoms with Crippen LogP contribution in [0.3, 0.4) is 0 Å². The normalized spacial score (nSPS) is 12.6. The van der Waals surface area contributed by atoms with Crippen LogP contribution >= 0.6 is 0 Å². The molecule has 0 atom stereocenters. The predicted octanol–water partition coefficient (Wildman–Crippen LogP) is 13.6. The second-order valence-corrected chi connectivity index (χ2v) is 14.0. The molecule has 2 heterocycles. The predicted molar refractivity (Wildman–Crippen MR) is 224 cm³/mol. The Morgan fingerprint density at radius 2 is 1.11 bits per heavy atom. The van der Waals surface area contributed by atoms with Crippen molar-refractivity contribution in [3.63, 3.8) is 0 Å². The molecule has 0 N–H and O–H groups in total. The molecule has 0 aliphatic carbocycles. The van der Waals surface area contributed by atoms with Gasteiger partial charge in [0.2, 0.25) is 0 Å². The third-order valence-electron chi connectivity index (χ3n) is 10.6. The smallest absolute Gasteiger partial charge is 0.160 e. The van der Waals surface area contributed by atoms with Crippen LogP contribution in [0.2, 0.25) is 0 Å². The van der Waals surface area contributed by atoms with Crippen molar-refractivity contribution in [1.29, 1.82) is 0 Å². The van der Waals surface area contributed by atoms with Gasteiger partial charge in [-0.15, -0.1) is 0 Å². The van der Waals surface area contributed by atoms with E-state index < -0.39 is 0 Å². The quantitative estimate of drug-likeness (QED) is 0.166. The van der Waals surface area contributed by atoms with Gasteiger partial charge in [0.05, 0.1) is 11.4 Å². The van der Waals surface area contributed by atoms with Crippen molar-refractivity contribution in [2.24, 2.45) is 0 Å². The topological polar surface area (TPSA) is 35.0 Å². The molecule has 7 aromatic carbocycles. The first-order chi connectivity index (χ1) is 26.6. The van der Waals surface area contributed by atoms with E-state index in [0.717, 1.165) is 70.0 Å². The van der Waals surface area contributed by atoms with Crippen LogP contribution in [0.1, 0.15) is 32.3 Å². The summed E-state index contributed by atoms with van der Waals surface area (Å²) in [5, 5.41) is 2.43. The van der Waals surface area contributed by atoms with Crippen LogP contribution in [0.4, 0.5) is 0 Å². The van der Waals surface area contributed by atoms with E-state index in [2.05, 4.69) is 159 Å². The summed E-state index contributed by atoms with van der Waals surface area (Å²) in [7, 11) is 0. The van der Waals surface area contributed by atoms with Crippen LogP contribution in [0.25, 0.3) is 78.1 Å². The number of allylic oxidation sites excluding steroid dienone is 2. The summed E-state index contributed by atoms with van der Waals surface area (Å²) >= 11 is 0. The van der Waals surface area contributed by atoms with Gasteiger partial charge < -0.3 is 4.74 Å². The Labute approximate surface area is 317 Å². The number of nitrogens with zero attached hydrogens (tertiary/aromatic N) is 2. The molecule has 1 aliphatic heterocycles. The fourth-order valence-corrected chi connectivity index (χ4v) is 7.72. The lowest BCUT2D eigenvalue weighted by molar-refractivity contribution is 0.403. The minimum Gasteiger partial charge on any atom is -0.461 e. The molecule has 54 heavy (non-hydrogen) atoms. The molecule has 3 heteroatoms. The molecule has 3 nitrogen and oxygen atoms in total. The zero-order valence-electron chi connectivity index (χ0n) is 30.6. The van der Waals surface area contributed by atoms with Crippen molar-refractivity contribution in [2.45, 2.75) is 33.1 Å². The van der Waals surface area contributed by atoms with Crippen molar-refractivity contribution in [1.82, 2.24) is 9.97 Å². The Morgan fingerprint density at radius 3 is 1.85 bits per heavy atom. The number of hydrogen-bond acceptors (Lipinski definition) is 3. The first kappa shape index (κ1) is 33.3. The van der Waals surface area contributed by atoms with Gasteiger partial charge in [-0.3, -0.25) is 0 Å². The SMILES string of the molecule is CCC1=C(C)CCc2ccc(-c3ccccc3-c3c(-c4ccc(-c5cc(-c6ccccc6)nc(-c6ccccc6)n5)cc4)ccc4ccccc34)cc2O1. The average molecular weight is 697 g/mol. The molecule has 8 aromatic rings. The van der Waals surface area contributed by atoms with Gasteiger partial charge in [0.1, 0.15) is 11.5 Å². The number of aromatic nitrogens is 2. The summed E-state index contributed by atoms with van der Waals surface area (Å²) in [6, 6.07) is 60.3. The highest BCUT2D eigenvalue weighted by Crippen LogP contribution is 2.44. The lowest BCUT2D eigenvalue weighted by Gasteiger charge is -2.19. The molecule has 0 saturated heterocycles. The van der Waals surface area contributed by atoms with Crippen molar-refractivity contribution in [3.05, 3.63) is 187 Å². The maximum Gasteiger partial charge on any atom is 0.160 e. The maximum atomic E-state index is 6.57. The van der Waals surface area contributed by atoms with Crippen LogP contribution in [-0.2, 0) is 6.42 Å². The van der Waals surface area contributed by atoms with E-state index in [1.54, 1.807) is 0 Å². The standard InChI is InChI=1S/C51H40N2O/c1-3-48-34(2)22-23-39-28-29-41(32-49(39)54-48)42-19-12-13-21-45(42)50-43-20-11-10-14-35(43)30-31-44(50)36-24-26-38(27-25-36)47-33-46(37-15-6-4-7-16-37)52-51(53-47)40-17-8-5-9-18-40/h4-21,24-33H,3,22-23H2,1-2H3. The summed E-state index contributed by atoms with van der Waals surface area (Å²) in [5.41, 5.74) is 14.6. The first-order valence-electron chi connectivity index (χ1n) is 18.8. The number of fused-ring (bicyclic) bond motifs is 2. The number of benzene rings is 7. The highest BCUT2D eigenvalue weighted by atomic mass is 16.5. The number of ether oxygens (including phenoxy) is 1. The van der Waals surface area contributed by atoms with E-state index in [4.69, 9.17) is 14.7 Å². The van der Waals surface area contributed by atoms with Crippen molar-refractivity contribution in [3.8, 4) is 73.0 Å². The number of hydrogen-bond donors (Lipinski definition) is 0. The van der Waals surface area contributed by atoms with Gasteiger partial charge in [0.25, 0.3) is 0 Å². The third kappa shape index (κ3) is 6.39. The second kappa shape index (κ2) is 14.4. The van der Waals surface area contributed by atoms with Gasteiger partial charge in [-0.2, -0.15) is 0 Å². The molecule has 0 spiro atoms. The Morgan fingerprint density at radius 1 is 0.500 bits per heavy atom. The molecule has 0 saturated carbocycles. The maximum absolute atomic E-state index is 6.57. The van der Waals surface area contributed by atoms with Crippen molar-refractivity contribution in [2.75, 3.05) is 0 Å². The van der Waals surface area contributed by atoms with E-state index in [0.29, 0.717) is 5.82 Å². The monoisotopic (exact) mass is 696 g/mol. The minimum atomic E-state index is 0.713. The number of rotatable bonds is 7. The van der Waals surface area contributed by atoms with Crippen molar-refractivity contribution >= 4 is 10.8 Å². The van der Waals surface area contributed by atoms with Crippen LogP contribution in [-0.4, -0.2) is 9.97 Å². The molecule has 0 bridgehead atoms. The summed E-state index contributed by atoms with van der Waals surface area (Å²) in [5.74, 6) is 2.78. The van der Waals surface area contributed by atoms with Gasteiger partial charge in [0.15, 0.2) is 5.82 Å². The molecule has 0 unspecified atom stereocenters. The second-order valence-electron chi connectivity index (χ2n) is 14.0. The zero-order valence-corrected chi connectivity index (χ0v) is 30.6. The summed E-state index contributed by atoms with van der Waals surface area (Å²) in [6.45, 7) is 4.38. The largest absolute Gasteiger partial charge is 0.461 e. The molecule has 0 amide bonds. The van der Waals surface area contributed by atoms with Crippen LogP contribution < -0.4 is 4.74 Å². The van der Waals surface area contributed by atoms with Gasteiger partial charge in [-0.1, -0.05) is 165 Å². The Hall–Kier alpha value is -6.58. The van der Waals surface area contributed by atoms with Gasteiger partial charge in [-0.05, 0) is 87.2 Å². The van der Waals surface area contributed by atoms with Gasteiger partial charge >= 0.3 is 0 Å². The first-order valence-corrected chi connectivity index (χ1v) is 18.8. The molecular weight excluding hydrogens is 657 g/mol. The van der Waals surface area contributed by atoms with Gasteiger partial charge in [0, 0.05) is 23.1 Å². The van der Waals surface area contributed by atoms with E-state index in [1.807, 2.05) is 24.3 Å². The Balaban J connectivity index is 1.16. The minimum absolute atomic E-state index is 0.713. The highest BCUT2D eigenvalue weighted by Gasteiger charge is 2.19. The van der Waals surface area contributed by atoms with Gasteiger partial charge in [-0.25, -0.2) is 9.97 Å². The number of aryl methyl sites for hydroxylation is 1. The molecule has 9 rings (SSSR count). The highest BCUT2D eigenvalue weighted by molar-refractivity contribution is 6.07. The lowest BCUT2D eigenvalue weighted by atomic mass is 9.85. The summed E-state index contributed by atoms with van der Waals surface area (Å²) in [6.07, 6.45) is 2.92. The fraction of sp³-hybridized carbons (Fsp3) is 0.0980. The lowest BCUT2D eigenvalue weighted by Crippen LogP contribution is -1.97. The molecule has 0 fully saturated rings. The van der Waals surface area contributed by atoms with E-state index in [-0.39, 0.29) is 0 Å².